The molecule has 0 aromatic carbocycles. The molecule has 1 amide bonds. The van der Waals surface area contributed by atoms with Gasteiger partial charge in [-0.05, 0) is 38.0 Å². The van der Waals surface area contributed by atoms with Crippen molar-refractivity contribution in [3.05, 3.63) is 0 Å². The number of carbonyl (C=O) groups is 3. The molecule has 1 aliphatic rings. The van der Waals surface area contributed by atoms with E-state index in [1.807, 2.05) is 6.92 Å². The molecular weight excluding hydrogens is 314 g/mol. The Morgan fingerprint density at radius 2 is 1.75 bits per heavy atom. The first-order valence-corrected chi connectivity index (χ1v) is 8.71. The Morgan fingerprint density at radius 1 is 1.12 bits per heavy atom. The van der Waals surface area contributed by atoms with Crippen molar-refractivity contribution in [2.24, 2.45) is 17.8 Å². The quantitative estimate of drug-likeness (QED) is 0.519. The van der Waals surface area contributed by atoms with Crippen LogP contribution in [0, 0.1) is 17.8 Å². The zero-order valence-corrected chi connectivity index (χ0v) is 14.7. The van der Waals surface area contributed by atoms with Gasteiger partial charge in [0.05, 0.1) is 11.8 Å². The Kier molecular flexibility index (Phi) is 8.57. The molecule has 0 aromatic rings. The van der Waals surface area contributed by atoms with Gasteiger partial charge in [-0.25, -0.2) is 4.79 Å². The first kappa shape index (κ1) is 20.3. The summed E-state index contributed by atoms with van der Waals surface area (Å²) in [6, 6.07) is 0. The number of nitrogens with one attached hydrogen (secondary N) is 1. The molecule has 138 valence electrons. The summed E-state index contributed by atoms with van der Waals surface area (Å²) in [5.41, 5.74) is 0. The third-order valence-electron chi connectivity index (χ3n) is 4.21. The van der Waals surface area contributed by atoms with Crippen LogP contribution in [0.25, 0.3) is 0 Å². The SMILES string of the molecule is CCCC(OC(=O)NCC1CCC(C(=O)O)CC1)OC(=O)C(C)C. The molecule has 24 heavy (non-hydrogen) atoms. The third kappa shape index (κ3) is 7.19. The maximum atomic E-state index is 11.9. The zero-order valence-electron chi connectivity index (χ0n) is 14.7. The number of hydrogen-bond donors (Lipinski definition) is 2. The van der Waals surface area contributed by atoms with Gasteiger partial charge in [-0.1, -0.05) is 20.8 Å². The maximum Gasteiger partial charge on any atom is 0.410 e. The van der Waals surface area contributed by atoms with E-state index < -0.39 is 24.3 Å². The summed E-state index contributed by atoms with van der Waals surface area (Å²) in [4.78, 5) is 34.4. The molecule has 0 saturated heterocycles. The normalized spacial score (nSPS) is 21.8. The van der Waals surface area contributed by atoms with Crippen molar-refractivity contribution >= 4 is 18.0 Å². The van der Waals surface area contributed by atoms with Crippen molar-refractivity contribution in [1.82, 2.24) is 5.32 Å². The second kappa shape index (κ2) is 10.2. The lowest BCUT2D eigenvalue weighted by Crippen LogP contribution is -2.36. The van der Waals surface area contributed by atoms with Crippen molar-refractivity contribution in [2.75, 3.05) is 6.54 Å². The Labute approximate surface area is 143 Å². The fourth-order valence-electron chi connectivity index (χ4n) is 2.65. The van der Waals surface area contributed by atoms with Crippen LogP contribution < -0.4 is 5.32 Å². The van der Waals surface area contributed by atoms with Crippen molar-refractivity contribution < 1.29 is 29.0 Å². The van der Waals surface area contributed by atoms with Gasteiger partial charge in [0, 0.05) is 13.0 Å². The van der Waals surface area contributed by atoms with E-state index in [1.165, 1.54) is 0 Å². The summed E-state index contributed by atoms with van der Waals surface area (Å²) in [6.45, 7) is 5.80. The molecule has 7 nitrogen and oxygen atoms in total. The second-order valence-electron chi connectivity index (χ2n) is 6.65. The molecule has 1 fully saturated rings. The highest BCUT2D eigenvalue weighted by Gasteiger charge is 2.26. The Hall–Kier alpha value is -1.79. The molecule has 1 unspecified atom stereocenters. The molecule has 0 heterocycles. The number of alkyl carbamates (subject to hydrolysis) is 1. The maximum absolute atomic E-state index is 11.9. The minimum absolute atomic E-state index is 0.260. The molecule has 1 rings (SSSR count). The van der Waals surface area contributed by atoms with E-state index in [0.29, 0.717) is 25.8 Å². The number of amides is 1. The molecular formula is C17H29NO6. The average molecular weight is 343 g/mol. The van der Waals surface area contributed by atoms with Gasteiger partial charge in [0.15, 0.2) is 0 Å². The van der Waals surface area contributed by atoms with Crippen LogP contribution in [0.4, 0.5) is 4.79 Å². The molecule has 0 radical (unpaired) electrons. The van der Waals surface area contributed by atoms with Gasteiger partial charge in [0.25, 0.3) is 0 Å². The van der Waals surface area contributed by atoms with E-state index >= 15 is 0 Å². The first-order valence-electron chi connectivity index (χ1n) is 8.71. The molecule has 1 saturated carbocycles. The van der Waals surface area contributed by atoms with Crippen LogP contribution >= 0.6 is 0 Å². The molecule has 2 N–H and O–H groups in total. The van der Waals surface area contributed by atoms with Crippen LogP contribution in [0.5, 0.6) is 0 Å². The minimum atomic E-state index is -0.868. The van der Waals surface area contributed by atoms with Gasteiger partial charge in [-0.3, -0.25) is 9.59 Å². The molecule has 0 spiro atoms. The number of carboxylic acids is 1. The lowest BCUT2D eigenvalue weighted by molar-refractivity contribution is -0.172. The number of hydrogen-bond acceptors (Lipinski definition) is 5. The summed E-state index contributed by atoms with van der Waals surface area (Å²) >= 11 is 0. The van der Waals surface area contributed by atoms with E-state index in [1.54, 1.807) is 13.8 Å². The zero-order chi connectivity index (χ0) is 18.1. The predicted molar refractivity (Wildman–Crippen MR) is 87.2 cm³/mol. The summed E-state index contributed by atoms with van der Waals surface area (Å²) in [5, 5.41) is 11.7. The second-order valence-corrected chi connectivity index (χ2v) is 6.65. The highest BCUT2D eigenvalue weighted by molar-refractivity contribution is 5.72. The molecule has 1 aliphatic carbocycles. The topological polar surface area (TPSA) is 102 Å². The van der Waals surface area contributed by atoms with Crippen LogP contribution in [0.3, 0.4) is 0 Å². The van der Waals surface area contributed by atoms with Gasteiger partial charge in [0.1, 0.15) is 0 Å². The van der Waals surface area contributed by atoms with E-state index in [2.05, 4.69) is 5.32 Å². The van der Waals surface area contributed by atoms with E-state index in [9.17, 15) is 14.4 Å². The van der Waals surface area contributed by atoms with E-state index in [0.717, 1.165) is 19.3 Å². The van der Waals surface area contributed by atoms with Gasteiger partial charge in [-0.15, -0.1) is 0 Å². The van der Waals surface area contributed by atoms with E-state index in [4.69, 9.17) is 14.6 Å². The molecule has 0 aliphatic heterocycles. The summed E-state index contributed by atoms with van der Waals surface area (Å²) in [7, 11) is 0. The van der Waals surface area contributed by atoms with Crippen LogP contribution in [-0.2, 0) is 19.1 Å². The Bertz CT molecular complexity index is 429. The van der Waals surface area contributed by atoms with Crippen LogP contribution in [0.2, 0.25) is 0 Å². The number of carboxylic acid groups (broad SMARTS) is 1. The minimum Gasteiger partial charge on any atom is -0.481 e. The van der Waals surface area contributed by atoms with Crippen molar-refractivity contribution in [1.29, 1.82) is 0 Å². The third-order valence-corrected chi connectivity index (χ3v) is 4.21. The van der Waals surface area contributed by atoms with Crippen LogP contribution in [-0.4, -0.2) is 36.0 Å². The fraction of sp³-hybridized carbons (Fsp3) is 0.824. The largest absolute Gasteiger partial charge is 0.481 e. The van der Waals surface area contributed by atoms with Gasteiger partial charge >= 0.3 is 18.0 Å². The standard InChI is InChI=1S/C17H29NO6/c1-4-5-14(23-16(21)11(2)3)24-17(22)18-10-12-6-8-13(9-7-12)15(19)20/h11-14H,4-10H2,1-3H3,(H,18,22)(H,19,20). The Morgan fingerprint density at radius 3 is 2.25 bits per heavy atom. The summed E-state index contributed by atoms with van der Waals surface area (Å²) in [6.07, 6.45) is 2.54. The van der Waals surface area contributed by atoms with Crippen molar-refractivity contribution in [2.45, 2.75) is 65.6 Å². The number of ether oxygens (including phenoxy) is 2. The summed E-state index contributed by atoms with van der Waals surface area (Å²) in [5.74, 6) is -1.42. The average Bonchev–Trinajstić information content (AvgIpc) is 2.53. The predicted octanol–water partition coefficient (Wildman–Crippen LogP) is 2.93. The van der Waals surface area contributed by atoms with Crippen molar-refractivity contribution in [3.8, 4) is 0 Å². The first-order chi connectivity index (χ1) is 11.3. The monoisotopic (exact) mass is 343 g/mol. The molecule has 1 atom stereocenters. The molecule has 7 heteroatoms. The number of aliphatic carboxylic acids is 1. The van der Waals surface area contributed by atoms with Gasteiger partial charge in [-0.2, -0.15) is 0 Å². The number of carbonyl (C=O) groups excluding carboxylic acids is 2. The van der Waals surface area contributed by atoms with Crippen LogP contribution in [0.15, 0.2) is 0 Å². The lowest BCUT2D eigenvalue weighted by Gasteiger charge is -2.26. The number of rotatable bonds is 8. The van der Waals surface area contributed by atoms with Gasteiger partial charge < -0.3 is 19.9 Å². The lowest BCUT2D eigenvalue weighted by atomic mass is 9.82. The molecule has 0 aromatic heterocycles. The summed E-state index contributed by atoms with van der Waals surface area (Å²) < 4.78 is 10.3. The fourth-order valence-corrected chi connectivity index (χ4v) is 2.65. The van der Waals surface area contributed by atoms with E-state index in [-0.39, 0.29) is 17.8 Å². The van der Waals surface area contributed by atoms with Crippen LogP contribution in [0.1, 0.15) is 59.3 Å². The van der Waals surface area contributed by atoms with Crippen molar-refractivity contribution in [3.63, 3.8) is 0 Å². The Balaban J connectivity index is 2.33. The highest BCUT2D eigenvalue weighted by Crippen LogP contribution is 2.28. The smallest absolute Gasteiger partial charge is 0.410 e. The number of esters is 1. The highest BCUT2D eigenvalue weighted by atomic mass is 16.7. The molecule has 0 bridgehead atoms. The van der Waals surface area contributed by atoms with Gasteiger partial charge in [0.2, 0.25) is 6.29 Å².